The number of nitrogens with zero attached hydrogens (tertiary/aromatic N) is 3. The Labute approximate surface area is 194 Å². The first-order valence-electron chi connectivity index (χ1n) is 10.1. The highest BCUT2D eigenvalue weighted by atomic mass is 35.5. The van der Waals surface area contributed by atoms with E-state index in [2.05, 4.69) is 10.2 Å². The molecule has 2 fully saturated rings. The van der Waals surface area contributed by atoms with Gasteiger partial charge >= 0.3 is 6.03 Å². The van der Waals surface area contributed by atoms with E-state index in [1.54, 1.807) is 36.1 Å². The fraction of sp³-hybridized carbons (Fsp3) is 0.318. The summed E-state index contributed by atoms with van der Waals surface area (Å²) in [4.78, 5) is 43.0. The summed E-state index contributed by atoms with van der Waals surface area (Å²) in [5.41, 5.74) is 0.0189. The molecule has 10 heteroatoms. The van der Waals surface area contributed by atoms with Gasteiger partial charge in [0, 0.05) is 31.9 Å². The van der Waals surface area contributed by atoms with Gasteiger partial charge in [-0.05, 0) is 48.9 Å². The Balaban J connectivity index is 1.40. The molecular formula is C22H21Cl2FN4O3. The Morgan fingerprint density at radius 2 is 1.69 bits per heavy atom. The summed E-state index contributed by atoms with van der Waals surface area (Å²) in [7, 11) is 0. The summed E-state index contributed by atoms with van der Waals surface area (Å²) in [6, 6.07) is 10.3. The van der Waals surface area contributed by atoms with E-state index in [0.29, 0.717) is 36.8 Å². The van der Waals surface area contributed by atoms with Crippen molar-refractivity contribution in [2.75, 3.05) is 37.6 Å². The average molecular weight is 479 g/mol. The summed E-state index contributed by atoms with van der Waals surface area (Å²) in [6.45, 7) is 3.22. The number of piperazine rings is 1. The number of benzene rings is 2. The molecule has 0 aromatic heterocycles. The van der Waals surface area contributed by atoms with Crippen LogP contribution >= 0.6 is 23.2 Å². The number of rotatable bonds is 4. The van der Waals surface area contributed by atoms with Gasteiger partial charge in [-0.15, -0.1) is 0 Å². The van der Waals surface area contributed by atoms with E-state index < -0.39 is 17.5 Å². The van der Waals surface area contributed by atoms with Crippen LogP contribution in [-0.2, 0) is 15.1 Å². The number of urea groups is 1. The van der Waals surface area contributed by atoms with E-state index in [1.807, 2.05) is 0 Å². The number of nitrogens with one attached hydrogen (secondary N) is 1. The number of carbonyl (C=O) groups is 3. The maximum atomic E-state index is 13.1. The highest BCUT2D eigenvalue weighted by Gasteiger charge is 2.50. The van der Waals surface area contributed by atoms with Crippen molar-refractivity contribution in [3.8, 4) is 0 Å². The van der Waals surface area contributed by atoms with Crippen molar-refractivity contribution >= 4 is 46.7 Å². The predicted molar refractivity (Wildman–Crippen MR) is 119 cm³/mol. The van der Waals surface area contributed by atoms with Gasteiger partial charge in [-0.3, -0.25) is 14.5 Å². The van der Waals surface area contributed by atoms with E-state index in [1.165, 1.54) is 18.2 Å². The van der Waals surface area contributed by atoms with Gasteiger partial charge < -0.3 is 15.1 Å². The van der Waals surface area contributed by atoms with Crippen LogP contribution in [0.4, 0.5) is 14.9 Å². The number of halogens is 3. The van der Waals surface area contributed by atoms with Crippen molar-refractivity contribution in [1.29, 1.82) is 0 Å². The first kappa shape index (κ1) is 22.4. The maximum Gasteiger partial charge on any atom is 0.325 e. The van der Waals surface area contributed by atoms with Gasteiger partial charge in [0.1, 0.15) is 17.9 Å². The Morgan fingerprint density at radius 1 is 1.03 bits per heavy atom. The minimum Gasteiger partial charge on any atom is -0.368 e. The fourth-order valence-corrected chi connectivity index (χ4v) is 4.24. The summed E-state index contributed by atoms with van der Waals surface area (Å²) in [5.74, 6) is -1.14. The van der Waals surface area contributed by atoms with E-state index in [9.17, 15) is 18.8 Å². The number of hydrogen-bond donors (Lipinski definition) is 1. The molecule has 2 saturated heterocycles. The van der Waals surface area contributed by atoms with Crippen molar-refractivity contribution in [1.82, 2.24) is 15.1 Å². The second-order valence-electron chi connectivity index (χ2n) is 7.92. The third kappa shape index (κ3) is 4.12. The molecule has 2 aliphatic rings. The lowest BCUT2D eigenvalue weighted by molar-refractivity contribution is -0.139. The molecule has 0 radical (unpaired) electrons. The van der Waals surface area contributed by atoms with E-state index in [4.69, 9.17) is 23.2 Å². The lowest BCUT2D eigenvalue weighted by atomic mass is 9.92. The van der Waals surface area contributed by atoms with Crippen molar-refractivity contribution in [3.05, 3.63) is 63.9 Å². The maximum absolute atomic E-state index is 13.1. The summed E-state index contributed by atoms with van der Waals surface area (Å²) >= 11 is 12.0. The molecule has 4 amide bonds. The molecule has 7 nitrogen and oxygen atoms in total. The van der Waals surface area contributed by atoms with Gasteiger partial charge in [0.25, 0.3) is 5.91 Å². The van der Waals surface area contributed by atoms with Crippen molar-refractivity contribution in [3.63, 3.8) is 0 Å². The molecule has 168 valence electrons. The normalized spacial score (nSPS) is 21.2. The van der Waals surface area contributed by atoms with Gasteiger partial charge in [-0.25, -0.2) is 9.18 Å². The molecule has 32 heavy (non-hydrogen) atoms. The van der Waals surface area contributed by atoms with Crippen LogP contribution in [0.25, 0.3) is 0 Å². The SMILES string of the molecule is CC1(c2ccc(Cl)c(Cl)c2)NC(=O)N(CC(=O)N2CCN(c3ccc(F)cc3)CC2)C1=O. The quantitative estimate of drug-likeness (QED) is 0.684. The number of hydrogen-bond acceptors (Lipinski definition) is 4. The van der Waals surface area contributed by atoms with Crippen LogP contribution in [0, 0.1) is 5.82 Å². The Kier molecular flexibility index (Phi) is 6.01. The standard InChI is InChI=1S/C22H21Cl2FN4O3/c1-22(14-2-7-17(23)18(24)12-14)20(31)29(21(32)26-22)13-19(30)28-10-8-27(9-11-28)16-5-3-15(25)4-6-16/h2-7,12H,8-11,13H2,1H3,(H,26,32). The Bertz CT molecular complexity index is 1070. The van der Waals surface area contributed by atoms with Crippen LogP contribution in [-0.4, -0.2) is 60.4 Å². The van der Waals surface area contributed by atoms with Gasteiger partial charge in [0.15, 0.2) is 0 Å². The van der Waals surface area contributed by atoms with Gasteiger partial charge in [-0.2, -0.15) is 0 Å². The average Bonchev–Trinajstić information content (AvgIpc) is 3.00. The van der Waals surface area contributed by atoms with Crippen LogP contribution in [0.15, 0.2) is 42.5 Å². The first-order valence-corrected chi connectivity index (χ1v) is 10.8. The molecule has 0 saturated carbocycles. The number of carbonyl (C=O) groups excluding carboxylic acids is 3. The highest BCUT2D eigenvalue weighted by Crippen LogP contribution is 2.33. The molecule has 2 heterocycles. The van der Waals surface area contributed by atoms with Gasteiger partial charge in [0.2, 0.25) is 5.91 Å². The van der Waals surface area contributed by atoms with Crippen LogP contribution in [0.2, 0.25) is 10.0 Å². The zero-order valence-corrected chi connectivity index (χ0v) is 18.8. The monoisotopic (exact) mass is 478 g/mol. The second kappa shape index (κ2) is 8.60. The molecule has 1 unspecified atom stereocenters. The molecule has 0 aliphatic carbocycles. The molecule has 0 spiro atoms. The summed E-state index contributed by atoms with van der Waals surface area (Å²) in [5, 5.41) is 3.26. The second-order valence-corrected chi connectivity index (χ2v) is 8.73. The molecule has 4 rings (SSSR count). The molecule has 1 atom stereocenters. The number of imide groups is 1. The van der Waals surface area contributed by atoms with Gasteiger partial charge in [0.05, 0.1) is 10.0 Å². The molecule has 2 aliphatic heterocycles. The van der Waals surface area contributed by atoms with Crippen molar-refractivity contribution < 1.29 is 18.8 Å². The minimum atomic E-state index is -1.34. The Hall–Kier alpha value is -2.84. The summed E-state index contributed by atoms with van der Waals surface area (Å²) < 4.78 is 13.1. The summed E-state index contributed by atoms with van der Waals surface area (Å²) in [6.07, 6.45) is 0. The predicted octanol–water partition coefficient (Wildman–Crippen LogP) is 3.25. The first-order chi connectivity index (χ1) is 15.2. The van der Waals surface area contributed by atoms with E-state index in [0.717, 1.165) is 10.6 Å². The largest absolute Gasteiger partial charge is 0.368 e. The molecule has 0 bridgehead atoms. The van der Waals surface area contributed by atoms with E-state index >= 15 is 0 Å². The highest BCUT2D eigenvalue weighted by molar-refractivity contribution is 6.42. The van der Waals surface area contributed by atoms with Crippen LogP contribution < -0.4 is 10.2 Å². The number of amides is 4. The van der Waals surface area contributed by atoms with Crippen LogP contribution in [0.5, 0.6) is 0 Å². The van der Waals surface area contributed by atoms with Crippen molar-refractivity contribution in [2.24, 2.45) is 0 Å². The number of anilines is 1. The topological polar surface area (TPSA) is 73.0 Å². The molecular weight excluding hydrogens is 458 g/mol. The fourth-order valence-electron chi connectivity index (χ4n) is 3.94. The van der Waals surface area contributed by atoms with Crippen LogP contribution in [0.1, 0.15) is 12.5 Å². The zero-order chi connectivity index (χ0) is 23.0. The molecule has 1 N–H and O–H groups in total. The Morgan fingerprint density at radius 3 is 2.31 bits per heavy atom. The van der Waals surface area contributed by atoms with Crippen molar-refractivity contribution in [2.45, 2.75) is 12.5 Å². The third-order valence-corrected chi connectivity index (χ3v) is 6.63. The smallest absolute Gasteiger partial charge is 0.325 e. The van der Waals surface area contributed by atoms with Gasteiger partial charge in [-0.1, -0.05) is 29.3 Å². The molecule has 2 aromatic rings. The lowest BCUT2D eigenvalue weighted by Gasteiger charge is -2.36. The zero-order valence-electron chi connectivity index (χ0n) is 17.3. The minimum absolute atomic E-state index is 0.265. The van der Waals surface area contributed by atoms with E-state index in [-0.39, 0.29) is 23.3 Å². The van der Waals surface area contributed by atoms with Crippen LogP contribution in [0.3, 0.4) is 0 Å². The third-order valence-electron chi connectivity index (χ3n) is 5.89. The molecule has 2 aromatic carbocycles. The lowest BCUT2D eigenvalue weighted by Crippen LogP contribution is -2.52.